The zero-order valence-corrected chi connectivity index (χ0v) is 16.8. The molecule has 0 amide bonds. The van der Waals surface area contributed by atoms with Gasteiger partial charge in [-0.2, -0.15) is 0 Å². The van der Waals surface area contributed by atoms with Crippen molar-refractivity contribution in [3.8, 4) is 0 Å². The van der Waals surface area contributed by atoms with Gasteiger partial charge in [-0.3, -0.25) is 0 Å². The Morgan fingerprint density at radius 3 is 1.29 bits per heavy atom. The predicted molar refractivity (Wildman–Crippen MR) is 84.9 cm³/mol. The van der Waals surface area contributed by atoms with Gasteiger partial charge in [0.2, 0.25) is 0 Å². The molecule has 0 unspecified atom stereocenters. The number of hydrogen-bond donors (Lipinski definition) is 0. The normalized spacial score (nSPS) is 26.8. The zero-order valence-electron chi connectivity index (χ0n) is 10.5. The van der Waals surface area contributed by atoms with Crippen molar-refractivity contribution in [2.45, 2.75) is 43.6 Å². The Labute approximate surface area is 130 Å². The van der Waals surface area contributed by atoms with Crippen molar-refractivity contribution in [3.63, 3.8) is 0 Å². The molecule has 0 bridgehead atoms. The van der Waals surface area contributed by atoms with E-state index in [2.05, 4.69) is 23.5 Å². The van der Waals surface area contributed by atoms with E-state index in [0.717, 1.165) is 0 Å². The summed E-state index contributed by atoms with van der Waals surface area (Å²) in [7, 11) is 0. The molecule has 0 atom stereocenters. The van der Waals surface area contributed by atoms with E-state index >= 15 is 0 Å². The summed E-state index contributed by atoms with van der Waals surface area (Å²) in [5.74, 6) is 5.64. The Morgan fingerprint density at radius 2 is 0.941 bits per heavy atom. The van der Waals surface area contributed by atoms with Gasteiger partial charge < -0.3 is 0 Å². The summed E-state index contributed by atoms with van der Waals surface area (Å²) in [6, 6.07) is 0. The summed E-state index contributed by atoms with van der Waals surface area (Å²) in [6.07, 6.45) is 5.85. The van der Waals surface area contributed by atoms with Gasteiger partial charge in [0.25, 0.3) is 0 Å². The first kappa shape index (κ1) is 15.6. The maximum atomic E-state index is 6.72. The Bertz CT molecular complexity index is 171. The van der Waals surface area contributed by atoms with Crippen LogP contribution in [0.1, 0.15) is 25.7 Å². The van der Waals surface area contributed by atoms with E-state index in [9.17, 15) is 0 Å². The Morgan fingerprint density at radius 1 is 0.588 bits per heavy atom. The summed E-state index contributed by atoms with van der Waals surface area (Å²) in [6.45, 7) is 0. The summed E-state index contributed by atoms with van der Waals surface area (Å²) in [5.41, 5.74) is 0. The first-order chi connectivity index (χ1) is 8.45. The topological polar surface area (TPSA) is 9.23 Å². The Kier molecular flexibility index (Phi) is 9.22. The van der Waals surface area contributed by atoms with Crippen molar-refractivity contribution in [3.05, 3.63) is 0 Å². The third-order valence-electron chi connectivity index (χ3n) is 2.84. The van der Waals surface area contributed by atoms with Crippen LogP contribution in [0.2, 0.25) is 17.9 Å². The van der Waals surface area contributed by atoms with Crippen LogP contribution in [0.3, 0.4) is 0 Å². The molecule has 0 spiro atoms. The van der Waals surface area contributed by atoms with Gasteiger partial charge >= 0.3 is 131 Å². The van der Waals surface area contributed by atoms with Gasteiger partial charge in [-0.25, -0.2) is 0 Å². The van der Waals surface area contributed by atoms with Gasteiger partial charge in [0, 0.05) is 0 Å². The Balaban J connectivity index is 1.72. The molecule has 0 aromatic rings. The van der Waals surface area contributed by atoms with Crippen molar-refractivity contribution < 1.29 is 1.47 Å². The minimum atomic E-state index is -1.07. The van der Waals surface area contributed by atoms with E-state index in [0.29, 0.717) is 0 Å². The SMILES string of the molecule is C1CSCCC[Te+](O[Te+]2CCCSCCC2)C1. The van der Waals surface area contributed by atoms with Gasteiger partial charge in [0.05, 0.1) is 0 Å². The second-order valence-electron chi connectivity index (χ2n) is 4.40. The van der Waals surface area contributed by atoms with Crippen LogP contribution in [0.15, 0.2) is 0 Å². The van der Waals surface area contributed by atoms with Crippen molar-refractivity contribution >= 4 is 63.4 Å². The molecule has 0 saturated carbocycles. The summed E-state index contributed by atoms with van der Waals surface area (Å²) in [4.78, 5) is 0. The number of rotatable bonds is 2. The standard InChI is InChI=1S/C12H24OS2Te2/c1-5-14-6-2-10-16(9-1)13-17-11-3-7-15-8-4-12-17/h1-12H2/q+2. The molecule has 0 aromatic carbocycles. The van der Waals surface area contributed by atoms with E-state index in [-0.39, 0.29) is 0 Å². The molecule has 2 heterocycles. The first-order valence-electron chi connectivity index (χ1n) is 6.64. The molecule has 0 aliphatic carbocycles. The number of thioether (sulfide) groups is 2. The van der Waals surface area contributed by atoms with Crippen LogP contribution >= 0.6 is 23.5 Å². The third kappa shape index (κ3) is 6.99. The van der Waals surface area contributed by atoms with Crippen LogP contribution in [0.25, 0.3) is 0 Å². The Hall–Kier alpha value is 2.24. The van der Waals surface area contributed by atoms with Crippen LogP contribution in [-0.4, -0.2) is 62.9 Å². The quantitative estimate of drug-likeness (QED) is 0.527. The molecule has 100 valence electrons. The fourth-order valence-electron chi connectivity index (χ4n) is 1.97. The average Bonchev–Trinajstić information content (AvgIpc) is 2.24. The fraction of sp³-hybridized carbons (Fsp3) is 1.00. The molecule has 0 N–H and O–H groups in total. The molecule has 17 heavy (non-hydrogen) atoms. The molecule has 1 nitrogen and oxygen atoms in total. The van der Waals surface area contributed by atoms with E-state index in [1.165, 1.54) is 66.6 Å². The van der Waals surface area contributed by atoms with E-state index < -0.39 is 39.9 Å². The molecule has 5 heteroatoms. The number of hydrogen-bond acceptors (Lipinski definition) is 3. The average molecular weight is 504 g/mol. The van der Waals surface area contributed by atoms with E-state index in [4.69, 9.17) is 1.47 Å². The van der Waals surface area contributed by atoms with Crippen molar-refractivity contribution in [2.75, 3.05) is 23.0 Å². The van der Waals surface area contributed by atoms with Gasteiger partial charge in [-0.1, -0.05) is 0 Å². The molecule has 0 aromatic heterocycles. The van der Waals surface area contributed by atoms with Crippen molar-refractivity contribution in [1.29, 1.82) is 0 Å². The van der Waals surface area contributed by atoms with Gasteiger partial charge in [-0.15, -0.1) is 0 Å². The van der Waals surface area contributed by atoms with Crippen molar-refractivity contribution in [1.82, 2.24) is 0 Å². The summed E-state index contributed by atoms with van der Waals surface area (Å²) in [5, 5.41) is 0. The van der Waals surface area contributed by atoms with Crippen LogP contribution in [0.4, 0.5) is 0 Å². The fourth-order valence-corrected chi connectivity index (χ4v) is 24.5. The molecule has 2 aliphatic rings. The molecule has 2 fully saturated rings. The molecular formula is C12H24OS2Te2+2. The predicted octanol–water partition coefficient (Wildman–Crippen LogP) is 4.04. The van der Waals surface area contributed by atoms with Crippen LogP contribution < -0.4 is 0 Å². The van der Waals surface area contributed by atoms with Crippen LogP contribution in [-0.2, 0) is 1.47 Å². The maximum absolute atomic E-state index is 6.72. The van der Waals surface area contributed by atoms with Crippen LogP contribution in [0.5, 0.6) is 0 Å². The molecule has 2 rings (SSSR count). The first-order valence-corrected chi connectivity index (χ1v) is 17.4. The minimum absolute atomic E-state index is 1.07. The molecule has 0 radical (unpaired) electrons. The van der Waals surface area contributed by atoms with Crippen molar-refractivity contribution in [2.24, 2.45) is 0 Å². The summed E-state index contributed by atoms with van der Waals surface area (Å²) < 4.78 is 12.8. The second kappa shape index (κ2) is 10.0. The van der Waals surface area contributed by atoms with E-state index in [1.807, 2.05) is 0 Å². The van der Waals surface area contributed by atoms with Gasteiger partial charge in [-0.05, 0) is 0 Å². The van der Waals surface area contributed by atoms with E-state index in [1.54, 1.807) is 0 Å². The molecular weight excluding hydrogens is 479 g/mol. The van der Waals surface area contributed by atoms with Crippen LogP contribution in [0, 0.1) is 0 Å². The molecule has 2 aliphatic heterocycles. The molecule has 2 saturated heterocycles. The third-order valence-corrected chi connectivity index (χ3v) is 22.1. The van der Waals surface area contributed by atoms with Gasteiger partial charge in [0.15, 0.2) is 0 Å². The van der Waals surface area contributed by atoms with Gasteiger partial charge in [0.1, 0.15) is 0 Å². The summed E-state index contributed by atoms with van der Waals surface area (Å²) >= 11 is 2.20. The second-order valence-corrected chi connectivity index (χ2v) is 19.5. The zero-order chi connectivity index (χ0) is 11.8. The monoisotopic (exact) mass is 508 g/mol.